The minimum atomic E-state index is -0.386. The first-order valence-corrected chi connectivity index (χ1v) is 8.31. The van der Waals surface area contributed by atoms with E-state index in [-0.39, 0.29) is 5.91 Å². The summed E-state index contributed by atoms with van der Waals surface area (Å²) < 4.78 is 26.9. The van der Waals surface area contributed by atoms with Gasteiger partial charge in [-0.1, -0.05) is 0 Å². The van der Waals surface area contributed by atoms with Crippen molar-refractivity contribution in [1.82, 2.24) is 0 Å². The fraction of sp³-hybridized carbons (Fsp3) is 0.278. The number of carbonyl (C=O) groups excluding carboxylic acids is 1. The van der Waals surface area contributed by atoms with Crippen molar-refractivity contribution in [2.75, 3.05) is 40.9 Å². The molecule has 1 amide bonds. The molecule has 0 bridgehead atoms. The molecule has 0 aliphatic heterocycles. The quantitative estimate of drug-likeness (QED) is 0.727. The monoisotopic (exact) mass is 425 g/mol. The first-order chi connectivity index (χ1) is 12.5. The average molecular weight is 426 g/mol. The third kappa shape index (κ3) is 3.80. The van der Waals surface area contributed by atoms with Crippen molar-refractivity contribution in [3.05, 3.63) is 34.3 Å². The minimum Gasteiger partial charge on any atom is -0.497 e. The molecule has 2 rings (SSSR count). The van der Waals surface area contributed by atoms with Gasteiger partial charge < -0.3 is 29.0 Å². The zero-order valence-corrected chi connectivity index (χ0v) is 16.7. The summed E-state index contributed by atoms with van der Waals surface area (Å²) in [4.78, 5) is 12.8. The number of nitrogens with one attached hydrogen (secondary N) is 1. The highest BCUT2D eigenvalue weighted by Crippen LogP contribution is 2.45. The van der Waals surface area contributed by atoms with E-state index < -0.39 is 0 Å². The highest BCUT2D eigenvalue weighted by Gasteiger charge is 2.23. The van der Waals surface area contributed by atoms with E-state index in [1.807, 2.05) is 0 Å². The standard InChI is InChI=1S/C18H20BrNO6/c1-22-10-6-7-13(23-2)12(8-10)20-18(21)11-9-14(24-3)16(25-4)17(26-5)15(11)19/h6-9H,1-5H3,(H,20,21). The molecule has 0 fully saturated rings. The number of benzene rings is 2. The van der Waals surface area contributed by atoms with Crippen molar-refractivity contribution in [2.45, 2.75) is 0 Å². The van der Waals surface area contributed by atoms with Gasteiger partial charge in [0.2, 0.25) is 5.75 Å². The van der Waals surface area contributed by atoms with E-state index in [4.69, 9.17) is 23.7 Å². The topological polar surface area (TPSA) is 75.3 Å². The molecule has 2 aromatic rings. The molecule has 0 aliphatic carbocycles. The number of methoxy groups -OCH3 is 5. The van der Waals surface area contributed by atoms with Crippen LogP contribution in [0.5, 0.6) is 28.7 Å². The van der Waals surface area contributed by atoms with Gasteiger partial charge in [-0.05, 0) is 34.1 Å². The molecule has 0 atom stereocenters. The van der Waals surface area contributed by atoms with Gasteiger partial charge in [0.15, 0.2) is 11.5 Å². The normalized spacial score (nSPS) is 10.1. The number of amides is 1. The maximum absolute atomic E-state index is 12.8. The Bertz CT molecular complexity index is 809. The van der Waals surface area contributed by atoms with E-state index in [0.29, 0.717) is 44.5 Å². The molecule has 2 aromatic carbocycles. The number of carbonyl (C=O) groups is 1. The van der Waals surface area contributed by atoms with E-state index in [1.165, 1.54) is 28.4 Å². The van der Waals surface area contributed by atoms with Crippen molar-refractivity contribution in [1.29, 1.82) is 0 Å². The van der Waals surface area contributed by atoms with Gasteiger partial charge in [-0.25, -0.2) is 0 Å². The number of anilines is 1. The molecule has 0 unspecified atom stereocenters. The summed E-state index contributed by atoms with van der Waals surface area (Å²) in [5.41, 5.74) is 0.780. The summed E-state index contributed by atoms with van der Waals surface area (Å²) in [6.45, 7) is 0. The van der Waals surface area contributed by atoms with Crippen LogP contribution in [0.4, 0.5) is 5.69 Å². The molecule has 8 heteroatoms. The van der Waals surface area contributed by atoms with Crippen LogP contribution in [-0.2, 0) is 0 Å². The highest BCUT2D eigenvalue weighted by atomic mass is 79.9. The zero-order valence-electron chi connectivity index (χ0n) is 15.1. The second-order valence-corrected chi connectivity index (χ2v) is 5.82. The zero-order chi connectivity index (χ0) is 19.3. The van der Waals surface area contributed by atoms with Crippen molar-refractivity contribution >= 4 is 27.5 Å². The van der Waals surface area contributed by atoms with Crippen LogP contribution in [0.25, 0.3) is 0 Å². The van der Waals surface area contributed by atoms with Crippen molar-refractivity contribution < 1.29 is 28.5 Å². The fourth-order valence-electron chi connectivity index (χ4n) is 2.39. The van der Waals surface area contributed by atoms with Crippen LogP contribution in [-0.4, -0.2) is 41.5 Å². The Labute approximate surface area is 160 Å². The van der Waals surface area contributed by atoms with Gasteiger partial charge in [0.25, 0.3) is 5.91 Å². The first-order valence-electron chi connectivity index (χ1n) is 7.52. The molecule has 0 heterocycles. The van der Waals surface area contributed by atoms with Gasteiger partial charge in [-0.2, -0.15) is 0 Å². The summed E-state index contributed by atoms with van der Waals surface area (Å²) in [7, 11) is 7.52. The minimum absolute atomic E-state index is 0.310. The predicted molar refractivity (Wildman–Crippen MR) is 101 cm³/mol. The molecule has 0 saturated heterocycles. The Balaban J connectivity index is 2.48. The van der Waals surface area contributed by atoms with Crippen LogP contribution >= 0.6 is 15.9 Å². The van der Waals surface area contributed by atoms with Crippen LogP contribution in [0.1, 0.15) is 10.4 Å². The Hall–Kier alpha value is -2.61. The third-order valence-corrected chi connectivity index (χ3v) is 4.46. The molecule has 0 aromatic heterocycles. The first kappa shape index (κ1) is 19.7. The van der Waals surface area contributed by atoms with Crippen LogP contribution < -0.4 is 29.0 Å². The summed E-state index contributed by atoms with van der Waals surface area (Å²) in [5.74, 6) is 1.82. The lowest BCUT2D eigenvalue weighted by Gasteiger charge is -2.17. The summed E-state index contributed by atoms with van der Waals surface area (Å²) in [6, 6.07) is 6.68. The molecular formula is C18H20BrNO6. The Kier molecular flexibility index (Phi) is 6.57. The van der Waals surface area contributed by atoms with Gasteiger partial charge in [0, 0.05) is 6.07 Å². The smallest absolute Gasteiger partial charge is 0.257 e. The summed E-state index contributed by atoms with van der Waals surface area (Å²) in [6.07, 6.45) is 0. The van der Waals surface area contributed by atoms with E-state index in [0.717, 1.165) is 0 Å². The molecular weight excluding hydrogens is 406 g/mol. The number of hydrogen-bond donors (Lipinski definition) is 1. The average Bonchev–Trinajstić information content (AvgIpc) is 2.67. The van der Waals surface area contributed by atoms with Crippen molar-refractivity contribution in [2.24, 2.45) is 0 Å². The summed E-state index contributed by atoms with van der Waals surface area (Å²) >= 11 is 3.40. The van der Waals surface area contributed by atoms with Crippen LogP contribution in [0.3, 0.4) is 0 Å². The van der Waals surface area contributed by atoms with Gasteiger partial charge in [0.1, 0.15) is 11.5 Å². The molecule has 140 valence electrons. The number of ether oxygens (including phenoxy) is 5. The Morgan fingerprint density at radius 2 is 1.50 bits per heavy atom. The van der Waals surface area contributed by atoms with Crippen LogP contribution in [0, 0.1) is 0 Å². The lowest BCUT2D eigenvalue weighted by Crippen LogP contribution is -2.14. The maximum Gasteiger partial charge on any atom is 0.257 e. The van der Waals surface area contributed by atoms with Crippen LogP contribution in [0.2, 0.25) is 0 Å². The molecule has 0 spiro atoms. The SMILES string of the molecule is COc1ccc(OC)c(NC(=O)c2cc(OC)c(OC)c(OC)c2Br)c1. The highest BCUT2D eigenvalue weighted by molar-refractivity contribution is 9.10. The molecule has 26 heavy (non-hydrogen) atoms. The second-order valence-electron chi connectivity index (χ2n) is 5.03. The lowest BCUT2D eigenvalue weighted by atomic mass is 10.1. The van der Waals surface area contributed by atoms with Crippen molar-refractivity contribution in [3.8, 4) is 28.7 Å². The molecule has 0 aliphatic rings. The Morgan fingerprint density at radius 3 is 2.04 bits per heavy atom. The molecule has 0 saturated carbocycles. The third-order valence-electron chi connectivity index (χ3n) is 3.67. The Morgan fingerprint density at radius 1 is 0.846 bits per heavy atom. The molecule has 7 nitrogen and oxygen atoms in total. The van der Waals surface area contributed by atoms with E-state index >= 15 is 0 Å². The number of halogens is 1. The van der Waals surface area contributed by atoms with E-state index in [1.54, 1.807) is 31.4 Å². The summed E-state index contributed by atoms with van der Waals surface area (Å²) in [5, 5.41) is 2.81. The van der Waals surface area contributed by atoms with Crippen molar-refractivity contribution in [3.63, 3.8) is 0 Å². The fourth-order valence-corrected chi connectivity index (χ4v) is 3.02. The van der Waals surface area contributed by atoms with Gasteiger partial charge in [-0.3, -0.25) is 4.79 Å². The lowest BCUT2D eigenvalue weighted by molar-refractivity contribution is 0.102. The van der Waals surface area contributed by atoms with Gasteiger partial charge in [-0.15, -0.1) is 0 Å². The van der Waals surface area contributed by atoms with E-state index in [2.05, 4.69) is 21.2 Å². The largest absolute Gasteiger partial charge is 0.497 e. The maximum atomic E-state index is 12.8. The molecule has 1 N–H and O–H groups in total. The number of hydrogen-bond acceptors (Lipinski definition) is 6. The number of rotatable bonds is 7. The van der Waals surface area contributed by atoms with Gasteiger partial charge >= 0.3 is 0 Å². The van der Waals surface area contributed by atoms with E-state index in [9.17, 15) is 4.79 Å². The van der Waals surface area contributed by atoms with Crippen LogP contribution in [0.15, 0.2) is 28.7 Å². The second kappa shape index (κ2) is 8.66. The van der Waals surface area contributed by atoms with Gasteiger partial charge in [0.05, 0.1) is 51.3 Å². The predicted octanol–water partition coefficient (Wildman–Crippen LogP) is 3.74. The molecule has 0 radical (unpaired) electrons.